The summed E-state index contributed by atoms with van der Waals surface area (Å²) < 4.78 is 14.3. The van der Waals surface area contributed by atoms with E-state index in [4.69, 9.17) is 23.2 Å². The normalized spacial score (nSPS) is 20.4. The summed E-state index contributed by atoms with van der Waals surface area (Å²) in [7, 11) is 0. The van der Waals surface area contributed by atoms with Crippen LogP contribution < -0.4 is 4.90 Å². The smallest absolute Gasteiger partial charge is 0.258 e. The van der Waals surface area contributed by atoms with Crippen LogP contribution in [0.25, 0.3) is 6.08 Å². The molecule has 2 unspecified atom stereocenters. The number of aromatic nitrogens is 1. The van der Waals surface area contributed by atoms with Gasteiger partial charge in [0.15, 0.2) is 0 Å². The van der Waals surface area contributed by atoms with Gasteiger partial charge in [-0.25, -0.2) is 9.37 Å². The minimum Gasteiger partial charge on any atom is -0.307 e. The van der Waals surface area contributed by atoms with Crippen LogP contribution in [0, 0.1) is 11.7 Å². The van der Waals surface area contributed by atoms with Gasteiger partial charge < -0.3 is 4.90 Å². The van der Waals surface area contributed by atoms with Crippen molar-refractivity contribution in [3.8, 4) is 0 Å². The number of benzene rings is 2. The van der Waals surface area contributed by atoms with E-state index in [2.05, 4.69) is 22.0 Å². The number of amides is 1. The Kier molecular flexibility index (Phi) is 7.19. The highest BCUT2D eigenvalue weighted by molar-refractivity contribution is 6.30. The zero-order chi connectivity index (χ0) is 24.4. The first-order valence-electron chi connectivity index (χ1n) is 11.9. The fourth-order valence-corrected chi connectivity index (χ4v) is 5.55. The van der Waals surface area contributed by atoms with E-state index >= 15 is 0 Å². The van der Waals surface area contributed by atoms with Gasteiger partial charge >= 0.3 is 0 Å². The van der Waals surface area contributed by atoms with Crippen molar-refractivity contribution in [2.45, 2.75) is 18.8 Å². The molecule has 1 aromatic heterocycles. The molecule has 0 saturated carbocycles. The molecule has 2 aliphatic heterocycles. The molecular formula is C28H26Cl2FN3O. The Morgan fingerprint density at radius 1 is 1.09 bits per heavy atom. The predicted molar refractivity (Wildman–Crippen MR) is 140 cm³/mol. The van der Waals surface area contributed by atoms with Crippen molar-refractivity contribution < 1.29 is 9.18 Å². The third-order valence-corrected chi connectivity index (χ3v) is 7.39. The zero-order valence-electron chi connectivity index (χ0n) is 19.2. The summed E-state index contributed by atoms with van der Waals surface area (Å²) in [6.07, 6.45) is 7.96. The van der Waals surface area contributed by atoms with Crippen molar-refractivity contribution in [3.63, 3.8) is 0 Å². The third-order valence-electron chi connectivity index (χ3n) is 6.93. The first kappa shape index (κ1) is 24.0. The van der Waals surface area contributed by atoms with Crippen LogP contribution in [0.2, 0.25) is 10.2 Å². The summed E-state index contributed by atoms with van der Waals surface area (Å²) in [5.41, 5.74) is 3.31. The van der Waals surface area contributed by atoms with E-state index in [1.165, 1.54) is 12.3 Å². The Hall–Kier alpha value is -2.73. The highest BCUT2D eigenvalue weighted by Gasteiger charge is 2.39. The van der Waals surface area contributed by atoms with E-state index in [-0.39, 0.29) is 22.8 Å². The van der Waals surface area contributed by atoms with Crippen molar-refractivity contribution in [2.24, 2.45) is 5.92 Å². The van der Waals surface area contributed by atoms with Crippen molar-refractivity contribution in [2.75, 3.05) is 31.1 Å². The van der Waals surface area contributed by atoms with Crippen LogP contribution in [0.3, 0.4) is 0 Å². The Morgan fingerprint density at radius 3 is 2.71 bits per heavy atom. The number of halogens is 3. The highest BCUT2D eigenvalue weighted by atomic mass is 35.5. The lowest BCUT2D eigenvalue weighted by atomic mass is 9.82. The Bertz CT molecular complexity index is 1250. The minimum atomic E-state index is -0.270. The topological polar surface area (TPSA) is 36.4 Å². The summed E-state index contributed by atoms with van der Waals surface area (Å²) in [5, 5.41) is 1.01. The number of pyridine rings is 1. The molecule has 3 heterocycles. The molecule has 0 bridgehead atoms. The maximum Gasteiger partial charge on any atom is 0.258 e. The quantitative estimate of drug-likeness (QED) is 0.359. The molecule has 1 fully saturated rings. The standard InChI is InChI=1S/C28H26Cl2FN3O/c29-22-7-5-19(6-8-22)3-1-13-33-14-2-4-21(17-33)25-18-34(26-10-9-23(31)16-24(25)26)28(35)20-11-12-32-27(30)15-20/h1,3,5-12,15-16,21,25H,2,4,13-14,17-18H2/b3-1+. The third kappa shape index (κ3) is 5.43. The van der Waals surface area contributed by atoms with Crippen molar-refractivity contribution in [3.05, 3.63) is 99.6 Å². The van der Waals surface area contributed by atoms with Gasteiger partial charge in [0.2, 0.25) is 0 Å². The number of carbonyl (C=O) groups is 1. The maximum absolute atomic E-state index is 14.3. The van der Waals surface area contributed by atoms with Gasteiger partial charge in [-0.15, -0.1) is 0 Å². The number of nitrogens with zero attached hydrogens (tertiary/aromatic N) is 3. The number of hydrogen-bond donors (Lipinski definition) is 0. The largest absolute Gasteiger partial charge is 0.307 e. The van der Waals surface area contributed by atoms with E-state index < -0.39 is 0 Å². The second-order valence-electron chi connectivity index (χ2n) is 9.21. The second kappa shape index (κ2) is 10.5. The van der Waals surface area contributed by atoms with Gasteiger partial charge in [-0.05, 0) is 78.9 Å². The van der Waals surface area contributed by atoms with Crippen molar-refractivity contribution in [1.82, 2.24) is 9.88 Å². The van der Waals surface area contributed by atoms with Gasteiger partial charge in [-0.2, -0.15) is 0 Å². The number of likely N-dealkylation sites (tertiary alicyclic amines) is 1. The molecule has 3 aromatic rings. The number of hydrogen-bond acceptors (Lipinski definition) is 3. The van der Waals surface area contributed by atoms with Gasteiger partial charge in [0.05, 0.1) is 0 Å². The SMILES string of the molecule is O=C(c1ccnc(Cl)c1)N1CC(C2CCCN(C/C=C/c3ccc(Cl)cc3)C2)c2cc(F)ccc21. The van der Waals surface area contributed by atoms with Gasteiger partial charge in [0.1, 0.15) is 11.0 Å². The lowest BCUT2D eigenvalue weighted by Gasteiger charge is -2.35. The number of fused-ring (bicyclic) bond motifs is 1. The molecule has 2 atom stereocenters. The minimum absolute atomic E-state index is 0.0880. The lowest BCUT2D eigenvalue weighted by Crippen LogP contribution is -2.39. The second-order valence-corrected chi connectivity index (χ2v) is 10.0. The van der Waals surface area contributed by atoms with E-state index in [9.17, 15) is 9.18 Å². The molecule has 2 aromatic carbocycles. The summed E-state index contributed by atoms with van der Waals surface area (Å²) in [5.74, 6) is 0.0221. The molecule has 1 amide bonds. The molecule has 1 saturated heterocycles. The van der Waals surface area contributed by atoms with Crippen LogP contribution in [0.5, 0.6) is 0 Å². The highest BCUT2D eigenvalue weighted by Crippen LogP contribution is 2.44. The molecule has 0 aliphatic carbocycles. The zero-order valence-corrected chi connectivity index (χ0v) is 20.7. The summed E-state index contributed by atoms with van der Waals surface area (Å²) >= 11 is 12.0. The number of piperidine rings is 1. The fraction of sp³-hybridized carbons (Fsp3) is 0.286. The maximum atomic E-state index is 14.3. The molecule has 7 heteroatoms. The summed E-state index contributed by atoms with van der Waals surface area (Å²) in [6.45, 7) is 3.33. The molecule has 2 aliphatic rings. The number of rotatable bonds is 5. The van der Waals surface area contributed by atoms with Crippen LogP contribution in [-0.4, -0.2) is 42.0 Å². The molecule has 0 spiro atoms. The van der Waals surface area contributed by atoms with Crippen LogP contribution in [0.4, 0.5) is 10.1 Å². The van der Waals surface area contributed by atoms with Gasteiger partial charge in [-0.1, -0.05) is 47.5 Å². The lowest BCUT2D eigenvalue weighted by molar-refractivity contribution is 0.0984. The number of anilines is 1. The Labute approximate surface area is 215 Å². The Morgan fingerprint density at radius 2 is 1.91 bits per heavy atom. The average Bonchev–Trinajstić information content (AvgIpc) is 3.23. The fourth-order valence-electron chi connectivity index (χ4n) is 5.25. The molecule has 4 nitrogen and oxygen atoms in total. The van der Waals surface area contributed by atoms with Crippen LogP contribution in [-0.2, 0) is 0 Å². The predicted octanol–water partition coefficient (Wildman–Crippen LogP) is 6.70. The van der Waals surface area contributed by atoms with Crippen LogP contribution in [0.15, 0.2) is 66.9 Å². The van der Waals surface area contributed by atoms with E-state index in [0.717, 1.165) is 54.3 Å². The van der Waals surface area contributed by atoms with E-state index in [1.54, 1.807) is 29.2 Å². The first-order valence-corrected chi connectivity index (χ1v) is 12.6. The molecule has 5 rings (SSSR count). The van der Waals surface area contributed by atoms with Crippen LogP contribution in [0.1, 0.15) is 40.2 Å². The van der Waals surface area contributed by atoms with E-state index in [0.29, 0.717) is 18.0 Å². The molecule has 0 N–H and O–H groups in total. The molecule has 180 valence electrons. The molecule has 35 heavy (non-hydrogen) atoms. The summed E-state index contributed by atoms with van der Waals surface area (Å²) in [6, 6.07) is 15.8. The van der Waals surface area contributed by atoms with Crippen molar-refractivity contribution >= 4 is 40.9 Å². The monoisotopic (exact) mass is 509 g/mol. The van der Waals surface area contributed by atoms with Gasteiger partial charge in [0.25, 0.3) is 5.91 Å². The molecule has 0 radical (unpaired) electrons. The first-order chi connectivity index (χ1) is 17.0. The molecular weight excluding hydrogens is 484 g/mol. The Balaban J connectivity index is 1.32. The van der Waals surface area contributed by atoms with E-state index in [1.807, 2.05) is 24.3 Å². The van der Waals surface area contributed by atoms with Gasteiger partial charge in [-0.3, -0.25) is 9.69 Å². The average molecular weight is 510 g/mol. The van der Waals surface area contributed by atoms with Crippen LogP contribution >= 0.6 is 23.2 Å². The van der Waals surface area contributed by atoms with Crippen molar-refractivity contribution in [1.29, 1.82) is 0 Å². The number of carbonyl (C=O) groups excluding carboxylic acids is 1. The summed E-state index contributed by atoms with van der Waals surface area (Å²) in [4.78, 5) is 21.5. The van der Waals surface area contributed by atoms with Gasteiger partial charge in [0, 0.05) is 48.0 Å².